The predicted octanol–water partition coefficient (Wildman–Crippen LogP) is 1.76. The van der Waals surface area contributed by atoms with Gasteiger partial charge in [-0.25, -0.2) is 0 Å². The van der Waals surface area contributed by atoms with Gasteiger partial charge in [-0.15, -0.1) is 0 Å². The van der Waals surface area contributed by atoms with Crippen LogP contribution in [0.25, 0.3) is 27.1 Å². The Morgan fingerprint density at radius 1 is 1.18 bits per heavy atom. The van der Waals surface area contributed by atoms with Crippen LogP contribution in [0.1, 0.15) is 25.8 Å². The summed E-state index contributed by atoms with van der Waals surface area (Å²) in [6.45, 7) is 7.90. The zero-order chi connectivity index (χ0) is 14.8. The van der Waals surface area contributed by atoms with Gasteiger partial charge in [-0.05, 0) is 38.3 Å². The summed E-state index contributed by atoms with van der Waals surface area (Å²) in [5, 5.41) is 3.86. The lowest BCUT2D eigenvalue weighted by atomic mass is 10.1. The van der Waals surface area contributed by atoms with Crippen molar-refractivity contribution >= 4 is 38.4 Å². The monoisotopic (exact) mass is 425 g/mol. The van der Waals surface area contributed by atoms with E-state index in [1.54, 1.807) is 0 Å². The molecule has 3 rings (SSSR count). The summed E-state index contributed by atoms with van der Waals surface area (Å²) in [6.07, 6.45) is 2.15. The van der Waals surface area contributed by atoms with Crippen LogP contribution in [-0.2, 0) is 11.3 Å². The highest BCUT2D eigenvalue weighted by atomic mass is 127. The Balaban J connectivity index is 0.00000176. The van der Waals surface area contributed by atoms with E-state index in [2.05, 4.69) is 54.0 Å². The summed E-state index contributed by atoms with van der Waals surface area (Å²) in [7, 11) is 0. The van der Waals surface area contributed by atoms with E-state index in [4.69, 9.17) is 4.74 Å². The van der Waals surface area contributed by atoms with Crippen LogP contribution < -0.4 is 28.5 Å². The van der Waals surface area contributed by atoms with E-state index in [0.717, 1.165) is 12.3 Å². The Morgan fingerprint density at radius 2 is 1.95 bits per heavy atom. The van der Waals surface area contributed by atoms with Gasteiger partial charge in [-0.3, -0.25) is 0 Å². The van der Waals surface area contributed by atoms with E-state index in [0.29, 0.717) is 6.61 Å². The molecule has 4 heteroatoms. The van der Waals surface area contributed by atoms with Crippen LogP contribution in [0.2, 0.25) is 0 Å². The van der Waals surface area contributed by atoms with Crippen molar-refractivity contribution in [3.63, 3.8) is 0 Å². The first-order valence-electron chi connectivity index (χ1n) is 7.39. The predicted molar refractivity (Wildman–Crippen MR) is 90.5 cm³/mol. The molecule has 1 heterocycles. The fourth-order valence-electron chi connectivity index (χ4n) is 2.74. The number of nitrogens with zero attached hydrogens (tertiary/aromatic N) is 1. The number of aromatic nitrogens is 1. The fraction of sp³-hybridized carbons (Fsp3) is 0.278. The van der Waals surface area contributed by atoms with Crippen LogP contribution in [0.3, 0.4) is 0 Å². The highest BCUT2D eigenvalue weighted by Crippen LogP contribution is 2.29. The van der Waals surface area contributed by atoms with Crippen molar-refractivity contribution in [3.05, 3.63) is 47.2 Å². The second-order valence-electron chi connectivity index (χ2n) is 5.01. The van der Waals surface area contributed by atoms with Gasteiger partial charge >= 0.3 is 0 Å². The zero-order valence-corrected chi connectivity index (χ0v) is 16.1. The standard InChI is InChI=1S/C18H20NOS.HI/c1-4-19-17(12-13(3)20-5-2)21-16-11-10-14-8-6-7-9-15(14)18(16)19;/h6-12H,4-5H2,1-3H3;1H/q+1;/p-1. The van der Waals surface area contributed by atoms with Gasteiger partial charge in [0.05, 0.1) is 18.1 Å². The van der Waals surface area contributed by atoms with Crippen molar-refractivity contribution in [2.24, 2.45) is 0 Å². The lowest BCUT2D eigenvalue weighted by molar-refractivity contribution is -0.664. The van der Waals surface area contributed by atoms with Crippen molar-refractivity contribution in [2.45, 2.75) is 27.3 Å². The topological polar surface area (TPSA) is 13.1 Å². The first-order chi connectivity index (χ1) is 10.2. The first kappa shape index (κ1) is 17.2. The highest BCUT2D eigenvalue weighted by molar-refractivity contribution is 7.19. The maximum absolute atomic E-state index is 5.58. The van der Waals surface area contributed by atoms with E-state index < -0.39 is 0 Å². The van der Waals surface area contributed by atoms with Gasteiger partial charge in [0.1, 0.15) is 17.0 Å². The van der Waals surface area contributed by atoms with E-state index in [9.17, 15) is 0 Å². The Kier molecular flexibility index (Phi) is 5.81. The molecule has 2 nitrogen and oxygen atoms in total. The zero-order valence-electron chi connectivity index (χ0n) is 13.1. The van der Waals surface area contributed by atoms with E-state index in [-0.39, 0.29) is 24.0 Å². The average molecular weight is 425 g/mol. The van der Waals surface area contributed by atoms with Crippen LogP contribution in [0.4, 0.5) is 0 Å². The summed E-state index contributed by atoms with van der Waals surface area (Å²) in [5.41, 5.74) is 1.33. The first-order valence-corrected chi connectivity index (χ1v) is 8.21. The largest absolute Gasteiger partial charge is 1.00 e. The molecule has 0 fully saturated rings. The molecule has 0 radical (unpaired) electrons. The third-order valence-electron chi connectivity index (χ3n) is 3.63. The van der Waals surface area contributed by atoms with E-state index in [1.165, 1.54) is 26.0 Å². The summed E-state index contributed by atoms with van der Waals surface area (Å²) in [6, 6.07) is 13.0. The van der Waals surface area contributed by atoms with Crippen LogP contribution in [0, 0.1) is 0 Å². The lowest BCUT2D eigenvalue weighted by Crippen LogP contribution is -3.00. The second kappa shape index (κ2) is 7.42. The molecular weight excluding hydrogens is 405 g/mol. The normalized spacial score (nSPS) is 11.7. The van der Waals surface area contributed by atoms with Crippen molar-refractivity contribution < 1.29 is 33.3 Å². The number of rotatable bonds is 4. The third-order valence-corrected chi connectivity index (χ3v) is 4.73. The fourth-order valence-corrected chi connectivity index (χ4v) is 3.97. The minimum atomic E-state index is 0. The number of hydrogen-bond acceptors (Lipinski definition) is 2. The van der Waals surface area contributed by atoms with Crippen molar-refractivity contribution in [1.82, 2.24) is 0 Å². The number of aryl methyl sites for hydroxylation is 1. The molecule has 0 spiro atoms. The van der Waals surface area contributed by atoms with E-state index in [1.807, 2.05) is 25.2 Å². The van der Waals surface area contributed by atoms with Crippen LogP contribution >= 0.6 is 11.3 Å². The molecule has 0 bridgehead atoms. The Hall–Kier alpha value is -1.14. The molecule has 0 aliphatic heterocycles. The Labute approximate surface area is 152 Å². The minimum Gasteiger partial charge on any atom is -1.00 e. The summed E-state index contributed by atoms with van der Waals surface area (Å²) >= 11 is 1.82. The van der Waals surface area contributed by atoms with Gasteiger partial charge in [0, 0.05) is 0 Å². The molecule has 0 saturated carbocycles. The molecule has 1 aromatic heterocycles. The maximum atomic E-state index is 5.58. The maximum Gasteiger partial charge on any atom is 0.266 e. The molecular formula is C18H20INOS. The van der Waals surface area contributed by atoms with Crippen molar-refractivity contribution in [2.75, 3.05) is 6.61 Å². The molecule has 0 unspecified atom stereocenters. The van der Waals surface area contributed by atoms with Gasteiger partial charge in [0.2, 0.25) is 5.52 Å². The number of halogens is 1. The van der Waals surface area contributed by atoms with Crippen molar-refractivity contribution in [1.29, 1.82) is 0 Å². The van der Waals surface area contributed by atoms with Gasteiger partial charge in [0.25, 0.3) is 5.01 Å². The molecule has 0 saturated heterocycles. The molecule has 3 aromatic rings. The third kappa shape index (κ3) is 3.13. The van der Waals surface area contributed by atoms with E-state index >= 15 is 0 Å². The van der Waals surface area contributed by atoms with Crippen LogP contribution in [0.15, 0.2) is 42.2 Å². The number of ether oxygens (including phenoxy) is 1. The van der Waals surface area contributed by atoms with Gasteiger partial charge in [-0.2, -0.15) is 4.57 Å². The summed E-state index contributed by atoms with van der Waals surface area (Å²) in [5.74, 6) is 0.968. The van der Waals surface area contributed by atoms with Gasteiger partial charge in [-0.1, -0.05) is 35.6 Å². The number of allylic oxidation sites excluding steroid dienone is 1. The van der Waals surface area contributed by atoms with Crippen LogP contribution in [0.5, 0.6) is 0 Å². The minimum absolute atomic E-state index is 0. The quantitative estimate of drug-likeness (QED) is 0.353. The lowest BCUT2D eigenvalue weighted by Gasteiger charge is -2.00. The summed E-state index contributed by atoms with van der Waals surface area (Å²) in [4.78, 5) is 0. The SMILES string of the molecule is CCOC(C)=Cc1sc2ccc3ccccc3c2[n+]1CC.[I-]. The Morgan fingerprint density at radius 3 is 2.68 bits per heavy atom. The van der Waals surface area contributed by atoms with Crippen molar-refractivity contribution in [3.8, 4) is 0 Å². The molecule has 0 aliphatic rings. The van der Waals surface area contributed by atoms with Crippen LogP contribution in [-0.4, -0.2) is 6.61 Å². The number of thiazole rings is 1. The number of fused-ring (bicyclic) bond motifs is 3. The van der Waals surface area contributed by atoms with Gasteiger partial charge in [0.15, 0.2) is 0 Å². The second-order valence-corrected chi connectivity index (χ2v) is 6.07. The Bertz CT molecular complexity index is 822. The molecule has 0 amide bonds. The summed E-state index contributed by atoms with van der Waals surface area (Å²) < 4.78 is 9.29. The number of benzene rings is 2. The molecule has 116 valence electrons. The average Bonchev–Trinajstić information content (AvgIpc) is 2.84. The smallest absolute Gasteiger partial charge is 0.266 e. The highest BCUT2D eigenvalue weighted by Gasteiger charge is 2.20. The molecule has 0 N–H and O–H groups in total. The molecule has 0 atom stereocenters. The molecule has 0 aliphatic carbocycles. The van der Waals surface area contributed by atoms with Gasteiger partial charge < -0.3 is 28.7 Å². The number of hydrogen-bond donors (Lipinski definition) is 0. The molecule has 22 heavy (non-hydrogen) atoms. The molecule has 2 aromatic carbocycles.